The molecule has 9 heteroatoms. The number of halogens is 1. The Morgan fingerprint density at radius 2 is 1.76 bits per heavy atom. The number of aromatic hydroxyl groups is 1. The Balaban J connectivity index is 1.61. The van der Waals surface area contributed by atoms with E-state index in [1.807, 2.05) is 25.1 Å². The number of amidine groups is 1. The second-order valence-electron chi connectivity index (χ2n) is 7.44. The third-order valence-electron chi connectivity index (χ3n) is 5.36. The van der Waals surface area contributed by atoms with Crippen LogP contribution in [0.1, 0.15) is 6.92 Å². The molecule has 172 valence electrons. The Labute approximate surface area is 204 Å². The highest BCUT2D eigenvalue weighted by Crippen LogP contribution is 2.52. The number of thioether (sulfide) groups is 2. The molecular formula is C25H20FN3O3S2. The molecule has 1 fully saturated rings. The van der Waals surface area contributed by atoms with E-state index in [2.05, 4.69) is 9.89 Å². The van der Waals surface area contributed by atoms with Crippen LogP contribution < -0.4 is 14.5 Å². The number of nitrogens with zero attached hydrogens (tertiary/aromatic N) is 3. The monoisotopic (exact) mass is 493 g/mol. The molecule has 0 bridgehead atoms. The fourth-order valence-corrected chi connectivity index (χ4v) is 6.08. The minimum Gasteiger partial charge on any atom is -0.508 e. The number of hydrogen-bond donors (Lipinski definition) is 1. The third kappa shape index (κ3) is 4.01. The lowest BCUT2D eigenvalue weighted by Gasteiger charge is -2.19. The normalized spacial score (nSPS) is 18.7. The van der Waals surface area contributed by atoms with Crippen molar-refractivity contribution in [3.05, 3.63) is 82.5 Å². The minimum absolute atomic E-state index is 0.103. The molecule has 1 amide bonds. The van der Waals surface area contributed by atoms with Crippen molar-refractivity contribution in [3.63, 3.8) is 0 Å². The van der Waals surface area contributed by atoms with Gasteiger partial charge in [0.1, 0.15) is 27.3 Å². The molecule has 1 saturated heterocycles. The van der Waals surface area contributed by atoms with Gasteiger partial charge in [-0.3, -0.25) is 9.69 Å². The van der Waals surface area contributed by atoms with Gasteiger partial charge in [0.25, 0.3) is 5.91 Å². The smallest absolute Gasteiger partial charge is 0.274 e. The van der Waals surface area contributed by atoms with E-state index in [1.165, 1.54) is 52.7 Å². The first-order chi connectivity index (χ1) is 16.5. The number of rotatable bonds is 4. The summed E-state index contributed by atoms with van der Waals surface area (Å²) in [5.41, 5.74) is 2.10. The standard InChI is InChI=1S/C25H20FN3O3S2/c1-3-28-20-14-19(32-2)12-13-21(20)33-24(28)22-23(31)29(17-8-10-18(30)11-9-17)25(34-22)27-16-6-4-15(26)5-7-16/h4-14,30H,3H2,1-2H3. The average molecular weight is 494 g/mol. The van der Waals surface area contributed by atoms with E-state index in [4.69, 9.17) is 4.74 Å². The maximum atomic E-state index is 13.7. The summed E-state index contributed by atoms with van der Waals surface area (Å²) in [7, 11) is 1.63. The lowest BCUT2D eigenvalue weighted by molar-refractivity contribution is -0.113. The zero-order chi connectivity index (χ0) is 23.8. The summed E-state index contributed by atoms with van der Waals surface area (Å²) in [5, 5.41) is 11.0. The minimum atomic E-state index is -0.355. The van der Waals surface area contributed by atoms with E-state index >= 15 is 0 Å². The fourth-order valence-electron chi connectivity index (χ4n) is 3.71. The molecule has 1 N–H and O–H groups in total. The molecule has 5 rings (SSSR count). The molecule has 0 saturated carbocycles. The SMILES string of the molecule is CCN1C(=C2SC(=Nc3ccc(F)cc3)N(c3ccc(O)cc3)C2=O)Sc2ccc(OC)cc21. The zero-order valence-electron chi connectivity index (χ0n) is 18.4. The van der Waals surface area contributed by atoms with Crippen LogP contribution in [0.4, 0.5) is 21.5 Å². The van der Waals surface area contributed by atoms with E-state index in [-0.39, 0.29) is 17.5 Å². The van der Waals surface area contributed by atoms with Crippen LogP contribution in [0.2, 0.25) is 0 Å². The molecule has 6 nitrogen and oxygen atoms in total. The summed E-state index contributed by atoms with van der Waals surface area (Å²) >= 11 is 2.81. The molecule has 0 aliphatic carbocycles. The first kappa shape index (κ1) is 22.4. The summed E-state index contributed by atoms with van der Waals surface area (Å²) in [6.45, 7) is 2.70. The largest absolute Gasteiger partial charge is 0.508 e. The third-order valence-corrected chi connectivity index (χ3v) is 7.70. The topological polar surface area (TPSA) is 65.4 Å². The van der Waals surface area contributed by atoms with E-state index in [0.29, 0.717) is 28.0 Å². The Bertz CT molecular complexity index is 1320. The van der Waals surface area contributed by atoms with Crippen LogP contribution in [0.25, 0.3) is 0 Å². The van der Waals surface area contributed by atoms with Crippen molar-refractivity contribution in [2.24, 2.45) is 4.99 Å². The van der Waals surface area contributed by atoms with Crippen molar-refractivity contribution in [1.82, 2.24) is 0 Å². The van der Waals surface area contributed by atoms with Crippen LogP contribution in [-0.2, 0) is 4.79 Å². The predicted octanol–water partition coefficient (Wildman–Crippen LogP) is 6.11. The molecule has 0 spiro atoms. The molecule has 34 heavy (non-hydrogen) atoms. The molecule has 2 aliphatic heterocycles. The predicted molar refractivity (Wildman–Crippen MR) is 136 cm³/mol. The van der Waals surface area contributed by atoms with Gasteiger partial charge in [0.2, 0.25) is 0 Å². The van der Waals surface area contributed by atoms with Crippen molar-refractivity contribution in [2.75, 3.05) is 23.5 Å². The van der Waals surface area contributed by atoms with Gasteiger partial charge in [-0.2, -0.15) is 0 Å². The quantitative estimate of drug-likeness (QED) is 0.443. The molecule has 3 aromatic carbocycles. The molecule has 2 aliphatic rings. The lowest BCUT2D eigenvalue weighted by atomic mass is 10.2. The van der Waals surface area contributed by atoms with Gasteiger partial charge in [0.05, 0.1) is 24.2 Å². The number of phenols is 1. The highest BCUT2D eigenvalue weighted by molar-refractivity contribution is 8.20. The molecule has 2 heterocycles. The maximum absolute atomic E-state index is 13.7. The van der Waals surface area contributed by atoms with Crippen LogP contribution in [0.5, 0.6) is 11.5 Å². The molecule has 3 aromatic rings. The van der Waals surface area contributed by atoms with Crippen LogP contribution in [0.3, 0.4) is 0 Å². The first-order valence-electron chi connectivity index (χ1n) is 10.5. The number of hydrogen-bond acceptors (Lipinski definition) is 7. The number of carbonyl (C=O) groups excluding carboxylic acids is 1. The summed E-state index contributed by atoms with van der Waals surface area (Å²) < 4.78 is 18.8. The second-order valence-corrected chi connectivity index (χ2v) is 9.45. The van der Waals surface area contributed by atoms with Crippen LogP contribution in [-0.4, -0.2) is 29.8 Å². The Morgan fingerprint density at radius 1 is 1.03 bits per heavy atom. The van der Waals surface area contributed by atoms with E-state index in [0.717, 1.165) is 21.4 Å². The number of fused-ring (bicyclic) bond motifs is 1. The summed E-state index contributed by atoms with van der Waals surface area (Å²) in [4.78, 5) is 23.6. The lowest BCUT2D eigenvalue weighted by Crippen LogP contribution is -2.29. The second kappa shape index (κ2) is 9.08. The molecular weight excluding hydrogens is 473 g/mol. The Hall–Kier alpha value is -3.43. The van der Waals surface area contributed by atoms with Gasteiger partial charge in [-0.05, 0) is 79.3 Å². The highest BCUT2D eigenvalue weighted by atomic mass is 32.2. The number of phenolic OH excluding ortho intramolecular Hbond substituents is 1. The number of benzene rings is 3. The van der Waals surface area contributed by atoms with E-state index in [9.17, 15) is 14.3 Å². The van der Waals surface area contributed by atoms with E-state index < -0.39 is 0 Å². The summed E-state index contributed by atoms with van der Waals surface area (Å²) in [6.07, 6.45) is 0. The van der Waals surface area contributed by atoms with Crippen molar-refractivity contribution in [1.29, 1.82) is 0 Å². The Kier molecular flexibility index (Phi) is 5.97. The van der Waals surface area contributed by atoms with Crippen molar-refractivity contribution >= 4 is 51.7 Å². The van der Waals surface area contributed by atoms with Gasteiger partial charge in [0, 0.05) is 17.5 Å². The van der Waals surface area contributed by atoms with Gasteiger partial charge in [-0.15, -0.1) is 0 Å². The molecule has 0 atom stereocenters. The number of anilines is 2. The Morgan fingerprint density at radius 3 is 2.44 bits per heavy atom. The van der Waals surface area contributed by atoms with Crippen LogP contribution >= 0.6 is 23.5 Å². The number of carbonyl (C=O) groups is 1. The first-order valence-corrected chi connectivity index (χ1v) is 12.1. The van der Waals surface area contributed by atoms with Gasteiger partial charge in [0.15, 0.2) is 5.17 Å². The van der Waals surface area contributed by atoms with Crippen molar-refractivity contribution in [3.8, 4) is 11.5 Å². The van der Waals surface area contributed by atoms with Gasteiger partial charge in [-0.25, -0.2) is 9.38 Å². The molecule has 0 unspecified atom stereocenters. The van der Waals surface area contributed by atoms with Crippen molar-refractivity contribution in [2.45, 2.75) is 11.8 Å². The highest BCUT2D eigenvalue weighted by Gasteiger charge is 2.40. The van der Waals surface area contributed by atoms with Crippen molar-refractivity contribution < 1.29 is 19.0 Å². The van der Waals surface area contributed by atoms with Gasteiger partial charge >= 0.3 is 0 Å². The fraction of sp³-hybridized carbons (Fsp3) is 0.120. The number of aliphatic imine (C=N–C) groups is 1. The van der Waals surface area contributed by atoms with Crippen LogP contribution in [0.15, 0.2) is 86.6 Å². The number of methoxy groups -OCH3 is 1. The van der Waals surface area contributed by atoms with E-state index in [1.54, 1.807) is 31.4 Å². The molecule has 0 radical (unpaired) electrons. The van der Waals surface area contributed by atoms with Gasteiger partial charge in [-0.1, -0.05) is 11.8 Å². The summed E-state index contributed by atoms with van der Waals surface area (Å²) in [6, 6.07) is 18.1. The van der Waals surface area contributed by atoms with Crippen LogP contribution in [0, 0.1) is 5.82 Å². The average Bonchev–Trinajstić information content (AvgIpc) is 3.37. The maximum Gasteiger partial charge on any atom is 0.274 e. The number of amides is 1. The zero-order valence-corrected chi connectivity index (χ0v) is 20.0. The van der Waals surface area contributed by atoms with Gasteiger partial charge < -0.3 is 14.7 Å². The molecule has 0 aromatic heterocycles. The number of ether oxygens (including phenoxy) is 1. The summed E-state index contributed by atoms with van der Waals surface area (Å²) in [5.74, 6) is 0.286.